The van der Waals surface area contributed by atoms with Crippen molar-refractivity contribution in [2.75, 3.05) is 6.61 Å². The summed E-state index contributed by atoms with van der Waals surface area (Å²) in [4.78, 5) is 24.4. The topological polar surface area (TPSA) is 96.7 Å². The summed E-state index contributed by atoms with van der Waals surface area (Å²) in [5.41, 5.74) is -0.154. The molecule has 2 rings (SSSR count). The van der Waals surface area contributed by atoms with Crippen LogP contribution < -0.4 is 0 Å². The quantitative estimate of drug-likeness (QED) is 0.394. The van der Waals surface area contributed by atoms with Gasteiger partial charge in [-0.1, -0.05) is 46.4 Å². The number of ether oxygens (including phenoxy) is 2. The van der Waals surface area contributed by atoms with Gasteiger partial charge in [-0.3, -0.25) is 0 Å². The van der Waals surface area contributed by atoms with E-state index in [-0.39, 0.29) is 26.2 Å². The highest BCUT2D eigenvalue weighted by atomic mass is 35.5. The summed E-state index contributed by atoms with van der Waals surface area (Å²) in [5, 5.41) is 17.8. The van der Waals surface area contributed by atoms with Gasteiger partial charge in [0.2, 0.25) is 0 Å². The van der Waals surface area contributed by atoms with E-state index < -0.39 is 36.9 Å². The molecule has 0 fully saturated rings. The fourth-order valence-corrected chi connectivity index (χ4v) is 3.25. The minimum absolute atomic E-state index is 0.0187. The number of carbonyl (C=O) groups is 2. The smallest absolute Gasteiger partial charge is 0.340 e. The molecule has 0 unspecified atom stereocenters. The Morgan fingerprint density at radius 1 is 1.00 bits per heavy atom. The van der Waals surface area contributed by atoms with Crippen LogP contribution in [0.3, 0.4) is 0 Å². The molecule has 0 aliphatic rings. The highest BCUT2D eigenvalue weighted by molar-refractivity contribution is 6.37. The summed E-state index contributed by atoms with van der Waals surface area (Å²) in [6.45, 7) is -0.738. The molecule has 0 amide bonds. The molecule has 0 spiro atoms. The Hall–Kier alpha value is -1.90. The van der Waals surface area contributed by atoms with Gasteiger partial charge < -0.3 is 20.0 Å². The fraction of sp³-hybridized carbons (Fsp3) is 0.211. The number of nitrogens with one attached hydrogen (secondary N) is 1. The van der Waals surface area contributed by atoms with Crippen LogP contribution in [0.1, 0.15) is 20.7 Å². The number of carbonyl (C=O) groups excluding carboxylic acids is 2. The van der Waals surface area contributed by atoms with Crippen LogP contribution >= 0.6 is 46.4 Å². The van der Waals surface area contributed by atoms with Crippen LogP contribution in [0.15, 0.2) is 36.4 Å². The van der Waals surface area contributed by atoms with Crippen LogP contribution in [0.2, 0.25) is 20.1 Å². The molecule has 0 radical (unpaired) electrons. The molecule has 6 nitrogen and oxygen atoms in total. The number of aliphatic hydroxyl groups excluding tert-OH is 1. The maximum absolute atomic E-state index is 14.1. The van der Waals surface area contributed by atoms with E-state index in [0.717, 1.165) is 0 Å². The van der Waals surface area contributed by atoms with Crippen molar-refractivity contribution in [1.82, 2.24) is 0 Å². The van der Waals surface area contributed by atoms with Gasteiger partial charge in [-0.15, -0.1) is 0 Å². The first-order valence-electron chi connectivity index (χ1n) is 8.25. The molecule has 11 heteroatoms. The Morgan fingerprint density at radius 2 is 1.50 bits per heavy atom. The average Bonchev–Trinajstić information content (AvgIpc) is 2.69. The van der Waals surface area contributed by atoms with Crippen molar-refractivity contribution in [1.29, 1.82) is 5.41 Å². The Kier molecular flexibility index (Phi) is 8.88. The SMILES string of the molecule is N=C[C@@H](F)[C@H](OC(=O)c1ccc(Cl)cc1Cl)[C@H](O)COC(=O)c1ccc(Cl)cc1Cl. The second kappa shape index (κ2) is 10.9. The largest absolute Gasteiger partial charge is 0.459 e. The number of aliphatic hydroxyl groups is 1. The summed E-state index contributed by atoms with van der Waals surface area (Å²) < 4.78 is 24.0. The van der Waals surface area contributed by atoms with Crippen molar-refractivity contribution in [2.45, 2.75) is 18.4 Å². The number of hydrogen-bond acceptors (Lipinski definition) is 6. The van der Waals surface area contributed by atoms with Gasteiger partial charge in [-0.05, 0) is 36.4 Å². The van der Waals surface area contributed by atoms with E-state index in [1.54, 1.807) is 0 Å². The molecular weight excluding hydrogens is 483 g/mol. The van der Waals surface area contributed by atoms with Crippen molar-refractivity contribution in [3.63, 3.8) is 0 Å². The minimum Gasteiger partial charge on any atom is -0.459 e. The normalized spacial score (nSPS) is 13.8. The molecule has 2 aromatic rings. The molecule has 160 valence electrons. The van der Waals surface area contributed by atoms with Crippen LogP contribution in [0.25, 0.3) is 0 Å². The number of esters is 2. The van der Waals surface area contributed by atoms with Crippen molar-refractivity contribution in [3.8, 4) is 0 Å². The van der Waals surface area contributed by atoms with Crippen LogP contribution in [0.5, 0.6) is 0 Å². The second-order valence-corrected chi connectivity index (χ2v) is 7.58. The maximum Gasteiger partial charge on any atom is 0.340 e. The van der Waals surface area contributed by atoms with Gasteiger partial charge in [0.25, 0.3) is 0 Å². The van der Waals surface area contributed by atoms with Crippen LogP contribution in [-0.4, -0.2) is 48.2 Å². The van der Waals surface area contributed by atoms with Crippen molar-refractivity contribution in [2.24, 2.45) is 0 Å². The zero-order valence-electron chi connectivity index (χ0n) is 15.0. The second-order valence-electron chi connectivity index (χ2n) is 5.90. The Labute approximate surface area is 190 Å². The molecular formula is C19H14Cl4FNO5. The van der Waals surface area contributed by atoms with E-state index in [4.69, 9.17) is 61.3 Å². The van der Waals surface area contributed by atoms with Crippen molar-refractivity contribution >= 4 is 64.6 Å². The number of alkyl halides is 1. The van der Waals surface area contributed by atoms with Gasteiger partial charge >= 0.3 is 11.9 Å². The lowest BCUT2D eigenvalue weighted by Crippen LogP contribution is -2.42. The predicted octanol–water partition coefficient (Wildman–Crippen LogP) is 5.03. The highest BCUT2D eigenvalue weighted by Gasteiger charge is 2.33. The monoisotopic (exact) mass is 495 g/mol. The zero-order chi connectivity index (χ0) is 22.4. The summed E-state index contributed by atoms with van der Waals surface area (Å²) in [5.74, 6) is -1.97. The van der Waals surface area contributed by atoms with Gasteiger partial charge in [0.15, 0.2) is 12.3 Å². The van der Waals surface area contributed by atoms with E-state index in [0.29, 0.717) is 11.2 Å². The molecule has 0 saturated carbocycles. The lowest BCUT2D eigenvalue weighted by atomic mass is 10.1. The molecule has 0 aliphatic heterocycles. The lowest BCUT2D eigenvalue weighted by Gasteiger charge is -2.24. The number of hydrogen-bond donors (Lipinski definition) is 2. The fourth-order valence-electron chi connectivity index (χ4n) is 2.28. The first kappa shape index (κ1) is 24.4. The number of benzene rings is 2. The zero-order valence-corrected chi connectivity index (χ0v) is 18.0. The van der Waals surface area contributed by atoms with E-state index in [1.807, 2.05) is 0 Å². The molecule has 3 atom stereocenters. The van der Waals surface area contributed by atoms with Gasteiger partial charge in [0.1, 0.15) is 12.7 Å². The van der Waals surface area contributed by atoms with Gasteiger partial charge in [0.05, 0.1) is 21.2 Å². The summed E-state index contributed by atoms with van der Waals surface area (Å²) in [6.07, 6.45) is -5.46. The minimum atomic E-state index is -2.17. The molecule has 0 saturated heterocycles. The summed E-state index contributed by atoms with van der Waals surface area (Å²) in [7, 11) is 0. The third-order valence-electron chi connectivity index (χ3n) is 3.78. The Balaban J connectivity index is 2.09. The number of halogens is 5. The summed E-state index contributed by atoms with van der Waals surface area (Å²) >= 11 is 23.3. The highest BCUT2D eigenvalue weighted by Crippen LogP contribution is 2.24. The van der Waals surface area contributed by atoms with Gasteiger partial charge in [-0.2, -0.15) is 0 Å². The Bertz CT molecular complexity index is 959. The van der Waals surface area contributed by atoms with Gasteiger partial charge in [0, 0.05) is 16.3 Å². The van der Waals surface area contributed by atoms with Crippen LogP contribution in [-0.2, 0) is 9.47 Å². The first-order valence-corrected chi connectivity index (χ1v) is 9.76. The van der Waals surface area contributed by atoms with Crippen LogP contribution in [0, 0.1) is 5.41 Å². The van der Waals surface area contributed by atoms with Crippen molar-refractivity contribution in [3.05, 3.63) is 67.6 Å². The third kappa shape index (κ3) is 6.30. The number of rotatable bonds is 8. The maximum atomic E-state index is 14.1. The van der Waals surface area contributed by atoms with E-state index in [9.17, 15) is 19.1 Å². The average molecular weight is 497 g/mol. The van der Waals surface area contributed by atoms with Crippen LogP contribution in [0.4, 0.5) is 4.39 Å². The predicted molar refractivity (Wildman–Crippen MR) is 112 cm³/mol. The van der Waals surface area contributed by atoms with E-state index >= 15 is 0 Å². The standard InChI is InChI=1S/C19H14Cl4FNO5/c20-9-1-3-11(13(22)5-9)18(27)29-8-16(26)17(15(24)7-25)30-19(28)12-4-2-10(21)6-14(12)23/h1-7,15-17,25-26H,8H2/t15-,16-,17+/m1/s1. The van der Waals surface area contributed by atoms with E-state index in [1.165, 1.54) is 36.4 Å². The lowest BCUT2D eigenvalue weighted by molar-refractivity contribution is -0.0591. The Morgan fingerprint density at radius 3 is 1.97 bits per heavy atom. The van der Waals surface area contributed by atoms with Gasteiger partial charge in [-0.25, -0.2) is 14.0 Å². The molecule has 2 N–H and O–H groups in total. The first-order chi connectivity index (χ1) is 14.1. The summed E-state index contributed by atoms with van der Waals surface area (Å²) in [6, 6.07) is 7.96. The molecule has 0 bridgehead atoms. The molecule has 0 heterocycles. The molecule has 2 aromatic carbocycles. The molecule has 0 aromatic heterocycles. The van der Waals surface area contributed by atoms with Crippen molar-refractivity contribution < 1.29 is 28.6 Å². The van der Waals surface area contributed by atoms with E-state index in [2.05, 4.69) is 0 Å². The molecule has 30 heavy (non-hydrogen) atoms. The third-order valence-corrected chi connectivity index (χ3v) is 4.88. The molecule has 0 aliphatic carbocycles.